The number of aliphatic imine (C=N–C) groups is 1. The molecular formula is C19H31N3O3. The van der Waals surface area contributed by atoms with Gasteiger partial charge in [-0.2, -0.15) is 0 Å². The molecule has 0 spiro atoms. The molecule has 1 N–H and O–H groups in total. The highest BCUT2D eigenvalue weighted by atomic mass is 16.5. The Hall–Kier alpha value is -1.79. The predicted molar refractivity (Wildman–Crippen MR) is 100 cm³/mol. The van der Waals surface area contributed by atoms with Gasteiger partial charge in [0.2, 0.25) is 0 Å². The molecule has 1 aromatic carbocycles. The van der Waals surface area contributed by atoms with E-state index in [1.54, 1.807) is 14.2 Å². The molecule has 140 valence electrons. The number of benzene rings is 1. The SMILES string of the molecule is CN=C(NCC1(OC)CCOCC1)N(C)CCOc1ccc(C)cc1. The molecule has 1 aromatic rings. The molecule has 0 radical (unpaired) electrons. The van der Waals surface area contributed by atoms with Crippen LogP contribution >= 0.6 is 0 Å². The van der Waals surface area contributed by atoms with E-state index in [4.69, 9.17) is 14.2 Å². The maximum absolute atomic E-state index is 5.80. The van der Waals surface area contributed by atoms with E-state index in [1.165, 1.54) is 5.56 Å². The van der Waals surface area contributed by atoms with Crippen LogP contribution in [0.15, 0.2) is 29.3 Å². The van der Waals surface area contributed by atoms with Crippen LogP contribution in [0.2, 0.25) is 0 Å². The van der Waals surface area contributed by atoms with Gasteiger partial charge in [-0.05, 0) is 19.1 Å². The predicted octanol–water partition coefficient (Wildman–Crippen LogP) is 2.08. The summed E-state index contributed by atoms with van der Waals surface area (Å²) in [6.45, 7) is 5.63. The lowest BCUT2D eigenvalue weighted by Gasteiger charge is -2.37. The minimum atomic E-state index is -0.173. The van der Waals surface area contributed by atoms with Crippen molar-refractivity contribution < 1.29 is 14.2 Å². The maximum atomic E-state index is 5.80. The van der Waals surface area contributed by atoms with Crippen LogP contribution in [0.3, 0.4) is 0 Å². The van der Waals surface area contributed by atoms with Gasteiger partial charge in [0.1, 0.15) is 12.4 Å². The third kappa shape index (κ3) is 5.90. The first-order valence-corrected chi connectivity index (χ1v) is 8.83. The molecule has 6 heteroatoms. The van der Waals surface area contributed by atoms with Crippen LogP contribution < -0.4 is 10.1 Å². The number of rotatable bonds is 7. The van der Waals surface area contributed by atoms with E-state index in [0.717, 1.165) is 50.9 Å². The summed E-state index contributed by atoms with van der Waals surface area (Å²) in [4.78, 5) is 6.43. The summed E-state index contributed by atoms with van der Waals surface area (Å²) in [5.41, 5.74) is 1.06. The topological polar surface area (TPSA) is 55.3 Å². The van der Waals surface area contributed by atoms with Crippen LogP contribution in [0.4, 0.5) is 0 Å². The molecule has 1 aliphatic rings. The van der Waals surface area contributed by atoms with Crippen molar-refractivity contribution in [2.75, 3.05) is 54.1 Å². The van der Waals surface area contributed by atoms with E-state index in [-0.39, 0.29) is 5.60 Å². The highest BCUT2D eigenvalue weighted by Crippen LogP contribution is 2.23. The lowest BCUT2D eigenvalue weighted by atomic mass is 9.94. The van der Waals surface area contributed by atoms with Crippen molar-refractivity contribution in [1.29, 1.82) is 0 Å². The number of methoxy groups -OCH3 is 1. The summed E-state index contributed by atoms with van der Waals surface area (Å²) < 4.78 is 17.0. The number of aryl methyl sites for hydroxylation is 1. The van der Waals surface area contributed by atoms with E-state index in [1.807, 2.05) is 19.2 Å². The Labute approximate surface area is 151 Å². The largest absolute Gasteiger partial charge is 0.492 e. The number of ether oxygens (including phenoxy) is 3. The van der Waals surface area contributed by atoms with Gasteiger partial charge in [0.05, 0.1) is 12.1 Å². The fourth-order valence-corrected chi connectivity index (χ4v) is 2.86. The second-order valence-corrected chi connectivity index (χ2v) is 6.48. The zero-order valence-electron chi connectivity index (χ0n) is 15.9. The maximum Gasteiger partial charge on any atom is 0.193 e. The van der Waals surface area contributed by atoms with Gasteiger partial charge in [0.25, 0.3) is 0 Å². The normalized spacial score (nSPS) is 17.2. The Morgan fingerprint density at radius 3 is 2.56 bits per heavy atom. The summed E-state index contributed by atoms with van der Waals surface area (Å²) in [6, 6.07) is 8.10. The Kier molecular flexibility index (Phi) is 7.52. The second kappa shape index (κ2) is 9.63. The first-order chi connectivity index (χ1) is 12.1. The quantitative estimate of drug-likeness (QED) is 0.603. The number of nitrogens with zero attached hydrogens (tertiary/aromatic N) is 2. The van der Waals surface area contributed by atoms with Crippen molar-refractivity contribution in [3.05, 3.63) is 29.8 Å². The van der Waals surface area contributed by atoms with Crippen molar-refractivity contribution in [3.8, 4) is 5.75 Å². The van der Waals surface area contributed by atoms with E-state index >= 15 is 0 Å². The Bertz CT molecular complexity index is 539. The van der Waals surface area contributed by atoms with Crippen LogP contribution in [0.5, 0.6) is 5.75 Å². The minimum Gasteiger partial charge on any atom is -0.492 e. The molecule has 1 fully saturated rings. The summed E-state index contributed by atoms with van der Waals surface area (Å²) in [6.07, 6.45) is 1.79. The van der Waals surface area contributed by atoms with Crippen LogP contribution in [0.25, 0.3) is 0 Å². The standard InChI is InChI=1S/C19H31N3O3/c1-16-5-7-17(8-6-16)25-14-11-22(3)18(20-2)21-15-19(23-4)9-12-24-13-10-19/h5-8H,9-15H2,1-4H3,(H,20,21). The zero-order valence-corrected chi connectivity index (χ0v) is 15.9. The molecule has 6 nitrogen and oxygen atoms in total. The van der Waals surface area contributed by atoms with E-state index in [0.29, 0.717) is 6.61 Å². The Morgan fingerprint density at radius 2 is 1.96 bits per heavy atom. The molecule has 0 amide bonds. The van der Waals surface area contributed by atoms with Gasteiger partial charge >= 0.3 is 0 Å². The second-order valence-electron chi connectivity index (χ2n) is 6.48. The van der Waals surface area contributed by atoms with Crippen molar-refractivity contribution >= 4 is 5.96 Å². The molecule has 0 unspecified atom stereocenters. The first-order valence-electron chi connectivity index (χ1n) is 8.83. The first kappa shape index (κ1) is 19.5. The fraction of sp³-hybridized carbons (Fsp3) is 0.632. The van der Waals surface area contributed by atoms with Crippen molar-refractivity contribution in [2.45, 2.75) is 25.4 Å². The molecule has 1 aliphatic heterocycles. The van der Waals surface area contributed by atoms with Crippen molar-refractivity contribution in [3.63, 3.8) is 0 Å². The highest BCUT2D eigenvalue weighted by Gasteiger charge is 2.32. The third-order valence-electron chi connectivity index (χ3n) is 4.70. The van der Waals surface area contributed by atoms with Gasteiger partial charge in [0.15, 0.2) is 5.96 Å². The van der Waals surface area contributed by atoms with E-state index < -0.39 is 0 Å². The average molecular weight is 349 g/mol. The van der Waals surface area contributed by atoms with E-state index in [9.17, 15) is 0 Å². The van der Waals surface area contributed by atoms with Gasteiger partial charge in [-0.1, -0.05) is 17.7 Å². The van der Waals surface area contributed by atoms with E-state index in [2.05, 4.69) is 34.3 Å². The minimum absolute atomic E-state index is 0.173. The smallest absolute Gasteiger partial charge is 0.193 e. The fourth-order valence-electron chi connectivity index (χ4n) is 2.86. The van der Waals surface area contributed by atoms with Crippen LogP contribution in [-0.4, -0.2) is 70.6 Å². The highest BCUT2D eigenvalue weighted by molar-refractivity contribution is 5.79. The molecule has 1 saturated heterocycles. The van der Waals surface area contributed by atoms with Gasteiger partial charge in [-0.25, -0.2) is 0 Å². The molecule has 0 atom stereocenters. The summed E-state index contributed by atoms with van der Waals surface area (Å²) >= 11 is 0. The molecule has 1 heterocycles. The summed E-state index contributed by atoms with van der Waals surface area (Å²) in [5, 5.41) is 3.43. The molecule has 0 aromatic heterocycles. The molecular weight excluding hydrogens is 318 g/mol. The van der Waals surface area contributed by atoms with Crippen LogP contribution in [0, 0.1) is 6.92 Å². The van der Waals surface area contributed by atoms with Gasteiger partial charge < -0.3 is 24.4 Å². The lowest BCUT2D eigenvalue weighted by molar-refractivity contribution is -0.0857. The number of hydrogen-bond acceptors (Lipinski definition) is 4. The van der Waals surface area contributed by atoms with Gasteiger partial charge in [0, 0.05) is 53.8 Å². The number of guanidine groups is 1. The molecule has 2 rings (SSSR count). The van der Waals surface area contributed by atoms with Crippen molar-refractivity contribution in [2.24, 2.45) is 4.99 Å². The average Bonchev–Trinajstić information content (AvgIpc) is 2.64. The van der Waals surface area contributed by atoms with Crippen LogP contribution in [-0.2, 0) is 9.47 Å². The van der Waals surface area contributed by atoms with Crippen LogP contribution in [0.1, 0.15) is 18.4 Å². The lowest BCUT2D eigenvalue weighted by Crippen LogP contribution is -2.51. The number of nitrogens with one attached hydrogen (secondary N) is 1. The number of likely N-dealkylation sites (N-methyl/N-ethyl adjacent to an activating group) is 1. The number of hydrogen-bond donors (Lipinski definition) is 1. The van der Waals surface area contributed by atoms with Crippen molar-refractivity contribution in [1.82, 2.24) is 10.2 Å². The third-order valence-corrected chi connectivity index (χ3v) is 4.70. The zero-order chi connectivity index (χ0) is 18.1. The van der Waals surface area contributed by atoms with Gasteiger partial charge in [-0.3, -0.25) is 4.99 Å². The van der Waals surface area contributed by atoms with Gasteiger partial charge in [-0.15, -0.1) is 0 Å². The molecule has 0 saturated carbocycles. The monoisotopic (exact) mass is 349 g/mol. The molecule has 0 aliphatic carbocycles. The Balaban J connectivity index is 1.78. The molecule has 25 heavy (non-hydrogen) atoms. The summed E-state index contributed by atoms with van der Waals surface area (Å²) in [7, 11) is 5.58. The summed E-state index contributed by atoms with van der Waals surface area (Å²) in [5.74, 6) is 1.73. The Morgan fingerprint density at radius 1 is 1.28 bits per heavy atom. The molecule has 0 bridgehead atoms.